The molecule has 0 saturated carbocycles. The first-order valence-electron chi connectivity index (χ1n) is 9.24. The number of piperidine rings is 1. The van der Waals surface area contributed by atoms with Crippen molar-refractivity contribution in [1.29, 1.82) is 0 Å². The van der Waals surface area contributed by atoms with Gasteiger partial charge in [0.15, 0.2) is 0 Å². The van der Waals surface area contributed by atoms with Gasteiger partial charge in [0.1, 0.15) is 0 Å². The number of aliphatic hydroxyl groups is 1. The SMILES string of the molecule is CCc1c(C(=O)NCCCN2CCC(O)CC2)cnn1CC(C)C. The number of likely N-dealkylation sites (tertiary alicyclic amines) is 1. The van der Waals surface area contributed by atoms with Gasteiger partial charge in [0.25, 0.3) is 5.91 Å². The third-order valence-corrected chi connectivity index (χ3v) is 4.56. The van der Waals surface area contributed by atoms with Gasteiger partial charge in [0, 0.05) is 26.2 Å². The van der Waals surface area contributed by atoms with Crippen molar-refractivity contribution in [2.24, 2.45) is 5.92 Å². The molecule has 1 amide bonds. The molecule has 0 bridgehead atoms. The van der Waals surface area contributed by atoms with Crippen LogP contribution in [0.15, 0.2) is 6.20 Å². The number of carbonyl (C=O) groups excluding carboxylic acids is 1. The largest absolute Gasteiger partial charge is 0.393 e. The molecule has 2 rings (SSSR count). The molecule has 1 saturated heterocycles. The Morgan fingerprint density at radius 2 is 2.12 bits per heavy atom. The first-order valence-corrected chi connectivity index (χ1v) is 9.24. The Kier molecular flexibility index (Phi) is 7.24. The normalized spacial score (nSPS) is 16.7. The summed E-state index contributed by atoms with van der Waals surface area (Å²) in [6.07, 6.45) is 5.04. The molecule has 0 aliphatic carbocycles. The molecule has 6 heteroatoms. The van der Waals surface area contributed by atoms with Gasteiger partial charge in [-0.1, -0.05) is 20.8 Å². The van der Waals surface area contributed by atoms with E-state index in [9.17, 15) is 9.90 Å². The minimum Gasteiger partial charge on any atom is -0.393 e. The molecule has 2 N–H and O–H groups in total. The van der Waals surface area contributed by atoms with Crippen LogP contribution in [0.1, 0.15) is 56.1 Å². The quantitative estimate of drug-likeness (QED) is 0.709. The van der Waals surface area contributed by atoms with Crippen LogP contribution in [0.2, 0.25) is 0 Å². The zero-order valence-electron chi connectivity index (χ0n) is 15.3. The van der Waals surface area contributed by atoms with Crippen molar-refractivity contribution in [1.82, 2.24) is 20.0 Å². The fourth-order valence-corrected chi connectivity index (χ4v) is 3.22. The highest BCUT2D eigenvalue weighted by molar-refractivity contribution is 5.95. The van der Waals surface area contributed by atoms with Crippen LogP contribution in [0.4, 0.5) is 0 Å². The first kappa shape index (κ1) is 18.9. The van der Waals surface area contributed by atoms with Crippen LogP contribution in [0, 0.1) is 5.92 Å². The second kappa shape index (κ2) is 9.18. The molecule has 0 spiro atoms. The molecule has 1 aliphatic heterocycles. The van der Waals surface area contributed by atoms with Crippen LogP contribution in [0.25, 0.3) is 0 Å². The van der Waals surface area contributed by atoms with Gasteiger partial charge in [-0.15, -0.1) is 0 Å². The van der Waals surface area contributed by atoms with Crippen LogP contribution in [-0.2, 0) is 13.0 Å². The maximum Gasteiger partial charge on any atom is 0.254 e. The van der Waals surface area contributed by atoms with Gasteiger partial charge < -0.3 is 15.3 Å². The molecule has 1 aliphatic rings. The summed E-state index contributed by atoms with van der Waals surface area (Å²) in [6.45, 7) is 10.8. The Labute approximate surface area is 145 Å². The summed E-state index contributed by atoms with van der Waals surface area (Å²) in [5, 5.41) is 16.9. The number of hydrogen-bond donors (Lipinski definition) is 2. The fourth-order valence-electron chi connectivity index (χ4n) is 3.22. The Bertz CT molecular complexity index is 519. The molecule has 1 fully saturated rings. The maximum atomic E-state index is 12.4. The van der Waals surface area contributed by atoms with Crippen molar-refractivity contribution in [3.8, 4) is 0 Å². The average Bonchev–Trinajstić information content (AvgIpc) is 2.95. The molecule has 0 radical (unpaired) electrons. The third kappa shape index (κ3) is 5.31. The summed E-state index contributed by atoms with van der Waals surface area (Å²) >= 11 is 0. The number of aliphatic hydroxyl groups excluding tert-OH is 1. The summed E-state index contributed by atoms with van der Waals surface area (Å²) in [7, 11) is 0. The predicted octanol–water partition coefficient (Wildman–Crippen LogP) is 1.68. The van der Waals surface area contributed by atoms with Gasteiger partial charge in [0.05, 0.1) is 23.6 Å². The van der Waals surface area contributed by atoms with Gasteiger partial charge in [-0.05, 0) is 38.1 Å². The molecule has 0 atom stereocenters. The molecule has 136 valence electrons. The van der Waals surface area contributed by atoms with E-state index < -0.39 is 0 Å². The van der Waals surface area contributed by atoms with E-state index in [1.807, 2.05) is 4.68 Å². The van der Waals surface area contributed by atoms with Gasteiger partial charge in [0.2, 0.25) is 0 Å². The smallest absolute Gasteiger partial charge is 0.254 e. The van der Waals surface area contributed by atoms with E-state index in [0.29, 0.717) is 18.0 Å². The lowest BCUT2D eigenvalue weighted by Crippen LogP contribution is -2.37. The van der Waals surface area contributed by atoms with E-state index in [1.54, 1.807) is 6.20 Å². The van der Waals surface area contributed by atoms with Crippen molar-refractivity contribution >= 4 is 5.91 Å². The Morgan fingerprint density at radius 3 is 2.75 bits per heavy atom. The van der Waals surface area contributed by atoms with Crippen molar-refractivity contribution in [3.63, 3.8) is 0 Å². The topological polar surface area (TPSA) is 70.4 Å². The van der Waals surface area contributed by atoms with E-state index in [2.05, 4.69) is 36.1 Å². The average molecular weight is 336 g/mol. The highest BCUT2D eigenvalue weighted by Gasteiger charge is 2.18. The van der Waals surface area contributed by atoms with Crippen LogP contribution in [0.3, 0.4) is 0 Å². The third-order valence-electron chi connectivity index (χ3n) is 4.56. The van der Waals surface area contributed by atoms with Crippen molar-refractivity contribution < 1.29 is 9.90 Å². The minimum absolute atomic E-state index is 0.0177. The summed E-state index contributed by atoms with van der Waals surface area (Å²) in [5.74, 6) is 0.491. The van der Waals surface area contributed by atoms with Crippen molar-refractivity contribution in [3.05, 3.63) is 17.5 Å². The molecule has 0 unspecified atom stereocenters. The number of hydrogen-bond acceptors (Lipinski definition) is 4. The zero-order valence-corrected chi connectivity index (χ0v) is 15.3. The first-order chi connectivity index (χ1) is 11.5. The Balaban J connectivity index is 1.77. The fraction of sp³-hybridized carbons (Fsp3) is 0.778. The predicted molar refractivity (Wildman–Crippen MR) is 95.1 cm³/mol. The van der Waals surface area contributed by atoms with Crippen LogP contribution < -0.4 is 5.32 Å². The molecule has 0 aromatic carbocycles. The number of amides is 1. The lowest BCUT2D eigenvalue weighted by molar-refractivity contribution is 0.0816. The minimum atomic E-state index is -0.129. The van der Waals surface area contributed by atoms with E-state index in [4.69, 9.17) is 0 Å². The monoisotopic (exact) mass is 336 g/mol. The number of nitrogens with zero attached hydrogens (tertiary/aromatic N) is 3. The summed E-state index contributed by atoms with van der Waals surface area (Å²) in [5.41, 5.74) is 1.73. The lowest BCUT2D eigenvalue weighted by Gasteiger charge is -2.29. The number of rotatable bonds is 8. The maximum absolute atomic E-state index is 12.4. The van der Waals surface area contributed by atoms with E-state index in [-0.39, 0.29) is 12.0 Å². The van der Waals surface area contributed by atoms with E-state index in [1.165, 1.54) is 0 Å². The van der Waals surface area contributed by atoms with E-state index in [0.717, 1.165) is 57.6 Å². The van der Waals surface area contributed by atoms with Gasteiger partial charge in [-0.2, -0.15) is 5.10 Å². The van der Waals surface area contributed by atoms with Crippen molar-refractivity contribution in [2.75, 3.05) is 26.2 Å². The second-order valence-electron chi connectivity index (χ2n) is 7.12. The summed E-state index contributed by atoms with van der Waals surface area (Å²) < 4.78 is 1.96. The van der Waals surface area contributed by atoms with Crippen LogP contribution >= 0.6 is 0 Å². The van der Waals surface area contributed by atoms with Gasteiger partial charge in [-0.3, -0.25) is 9.48 Å². The summed E-state index contributed by atoms with van der Waals surface area (Å²) in [4.78, 5) is 14.8. The lowest BCUT2D eigenvalue weighted by atomic mass is 10.1. The molecule has 1 aromatic rings. The van der Waals surface area contributed by atoms with Crippen LogP contribution in [0.5, 0.6) is 0 Å². The number of nitrogens with one attached hydrogen (secondary N) is 1. The molecular weight excluding hydrogens is 304 g/mol. The zero-order chi connectivity index (χ0) is 17.5. The standard InChI is InChI=1S/C18H32N4O2/c1-4-17-16(12-20-22(17)13-14(2)3)18(24)19-8-5-9-21-10-6-15(23)7-11-21/h12,14-15,23H,4-11,13H2,1-3H3,(H,19,24). The highest BCUT2D eigenvalue weighted by atomic mass is 16.3. The summed E-state index contributed by atoms with van der Waals surface area (Å²) in [6, 6.07) is 0. The number of aromatic nitrogens is 2. The van der Waals surface area contributed by atoms with Crippen molar-refractivity contribution in [2.45, 2.75) is 59.1 Å². The molecule has 24 heavy (non-hydrogen) atoms. The second-order valence-corrected chi connectivity index (χ2v) is 7.12. The van der Waals surface area contributed by atoms with Gasteiger partial charge >= 0.3 is 0 Å². The van der Waals surface area contributed by atoms with Crippen LogP contribution in [-0.4, -0.2) is 58.0 Å². The number of carbonyl (C=O) groups is 1. The Hall–Kier alpha value is -1.40. The molecule has 1 aromatic heterocycles. The molecule has 2 heterocycles. The van der Waals surface area contributed by atoms with E-state index >= 15 is 0 Å². The highest BCUT2D eigenvalue weighted by Crippen LogP contribution is 2.12. The van der Waals surface area contributed by atoms with Gasteiger partial charge in [-0.25, -0.2) is 0 Å². The molecule has 6 nitrogen and oxygen atoms in total. The Morgan fingerprint density at radius 1 is 1.42 bits per heavy atom. The molecular formula is C18H32N4O2.